The van der Waals surface area contributed by atoms with Crippen LogP contribution in [0.25, 0.3) is 26.3 Å². The van der Waals surface area contributed by atoms with Crippen molar-refractivity contribution >= 4 is 43.8 Å². The van der Waals surface area contributed by atoms with Crippen molar-refractivity contribution in [3.8, 4) is 5.13 Å². The zero-order valence-electron chi connectivity index (χ0n) is 14.4. The van der Waals surface area contributed by atoms with Crippen LogP contribution in [0.15, 0.2) is 57.4 Å². The van der Waals surface area contributed by atoms with Crippen LogP contribution in [0.4, 0.5) is 0 Å². The van der Waals surface area contributed by atoms with Gasteiger partial charge in [-0.15, -0.1) is 11.3 Å². The molecule has 0 fully saturated rings. The Morgan fingerprint density at radius 3 is 2.78 bits per heavy atom. The Balaban J connectivity index is 1.72. The highest BCUT2D eigenvalue weighted by Crippen LogP contribution is 2.21. The Labute approximate surface area is 160 Å². The molecule has 0 atom stereocenters. The number of nitrogens with one attached hydrogen (secondary N) is 2. The van der Waals surface area contributed by atoms with Crippen LogP contribution in [0.2, 0.25) is 0 Å². The van der Waals surface area contributed by atoms with Crippen molar-refractivity contribution in [3.05, 3.63) is 79.1 Å². The number of H-pyrrole nitrogens is 2. The zero-order valence-corrected chi connectivity index (χ0v) is 16.0. The van der Waals surface area contributed by atoms with E-state index in [9.17, 15) is 9.59 Å². The van der Waals surface area contributed by atoms with Crippen molar-refractivity contribution in [3.63, 3.8) is 0 Å². The number of fused-ring (bicyclic) bond motifs is 2. The fourth-order valence-electron chi connectivity index (χ4n) is 3.31. The van der Waals surface area contributed by atoms with Gasteiger partial charge in [-0.1, -0.05) is 22.9 Å². The van der Waals surface area contributed by atoms with Gasteiger partial charge in [0.2, 0.25) is 0 Å². The third kappa shape index (κ3) is 2.56. The Kier molecular flexibility index (Phi) is 3.63. The fourth-order valence-corrected chi connectivity index (χ4v) is 4.97. The molecule has 27 heavy (non-hydrogen) atoms. The second kappa shape index (κ2) is 6.04. The minimum Gasteiger partial charge on any atom is -0.307 e. The lowest BCUT2D eigenvalue weighted by molar-refractivity contribution is -0.334. The molecule has 0 aliphatic carbocycles. The molecule has 0 spiro atoms. The lowest BCUT2D eigenvalue weighted by atomic mass is 10.2. The van der Waals surface area contributed by atoms with Gasteiger partial charge in [-0.2, -0.15) is 0 Å². The standard InChI is InChI=1S/C19H14N4O2S2/c1-11-17-14(9-16(24)22(11)10-12-5-4-8-26-12)21-23(18(17)25)19-20-13-6-2-3-7-15(13)27-19/h2-9,21H,10H2,1H3/p+1. The van der Waals surface area contributed by atoms with E-state index in [1.807, 2.05) is 48.7 Å². The first kappa shape index (κ1) is 16.2. The van der Waals surface area contributed by atoms with Gasteiger partial charge in [-0.25, -0.2) is 14.9 Å². The van der Waals surface area contributed by atoms with Gasteiger partial charge in [0.15, 0.2) is 0 Å². The highest BCUT2D eigenvalue weighted by Gasteiger charge is 2.22. The highest BCUT2D eigenvalue weighted by atomic mass is 32.1. The molecule has 4 heterocycles. The van der Waals surface area contributed by atoms with Crippen molar-refractivity contribution in [1.82, 2.24) is 14.3 Å². The monoisotopic (exact) mass is 395 g/mol. The molecule has 0 saturated heterocycles. The quantitative estimate of drug-likeness (QED) is 0.510. The number of thiazole rings is 1. The second-order valence-electron chi connectivity index (χ2n) is 6.30. The summed E-state index contributed by atoms with van der Waals surface area (Å²) in [5, 5.41) is 6.29. The van der Waals surface area contributed by atoms with E-state index in [0.717, 1.165) is 15.1 Å². The summed E-state index contributed by atoms with van der Waals surface area (Å²) in [6.07, 6.45) is 0. The number of para-hydroxylation sites is 1. The van der Waals surface area contributed by atoms with Crippen LogP contribution in [0.5, 0.6) is 0 Å². The number of benzene rings is 1. The van der Waals surface area contributed by atoms with Crippen molar-refractivity contribution < 1.29 is 4.98 Å². The van der Waals surface area contributed by atoms with Gasteiger partial charge in [0.1, 0.15) is 10.9 Å². The summed E-state index contributed by atoms with van der Waals surface area (Å²) < 4.78 is 4.20. The Morgan fingerprint density at radius 1 is 1.15 bits per heavy atom. The lowest BCUT2D eigenvalue weighted by Gasteiger charge is -2.08. The van der Waals surface area contributed by atoms with Crippen LogP contribution in [0.3, 0.4) is 0 Å². The summed E-state index contributed by atoms with van der Waals surface area (Å²) >= 11 is 3.09. The van der Waals surface area contributed by atoms with Gasteiger partial charge in [-0.05, 0) is 41.8 Å². The SMILES string of the molecule is Cc1c2c(=O)n(-c3[nH+]c4ccccc4s3)[nH]c2cc(=O)n1Cc1cccs1. The van der Waals surface area contributed by atoms with E-state index in [4.69, 9.17) is 0 Å². The maximum Gasteiger partial charge on any atom is 0.369 e. The van der Waals surface area contributed by atoms with Crippen LogP contribution in [0, 0.1) is 6.92 Å². The third-order valence-electron chi connectivity index (χ3n) is 4.65. The summed E-state index contributed by atoms with van der Waals surface area (Å²) in [4.78, 5) is 30.1. The molecule has 5 aromatic rings. The topological polar surface area (TPSA) is 73.9 Å². The summed E-state index contributed by atoms with van der Waals surface area (Å²) in [6, 6.07) is 13.3. The molecule has 0 aliphatic heterocycles. The number of thiophene rings is 1. The van der Waals surface area contributed by atoms with Crippen molar-refractivity contribution in [2.75, 3.05) is 0 Å². The molecule has 1 aromatic carbocycles. The number of aromatic nitrogens is 4. The Morgan fingerprint density at radius 2 is 2.00 bits per heavy atom. The molecule has 0 saturated carbocycles. The predicted octanol–water partition coefficient (Wildman–Crippen LogP) is 2.93. The van der Waals surface area contributed by atoms with Gasteiger partial charge in [-0.3, -0.25) is 4.79 Å². The number of rotatable bonds is 3. The first-order valence-electron chi connectivity index (χ1n) is 8.40. The van der Waals surface area contributed by atoms with Gasteiger partial charge < -0.3 is 4.57 Å². The van der Waals surface area contributed by atoms with E-state index >= 15 is 0 Å². The molecular formula is C19H15N4O2S2+. The molecule has 0 radical (unpaired) electrons. The van der Waals surface area contributed by atoms with E-state index in [-0.39, 0.29) is 11.1 Å². The largest absolute Gasteiger partial charge is 0.369 e. The zero-order chi connectivity index (χ0) is 18.5. The number of hydrogen-bond donors (Lipinski definition) is 1. The molecule has 0 amide bonds. The van der Waals surface area contributed by atoms with E-state index in [2.05, 4.69) is 10.1 Å². The van der Waals surface area contributed by atoms with E-state index in [0.29, 0.717) is 28.3 Å². The molecule has 0 bridgehead atoms. The Bertz CT molecular complexity index is 1370. The maximum atomic E-state index is 13.1. The number of aromatic amines is 2. The van der Waals surface area contributed by atoms with Crippen LogP contribution >= 0.6 is 22.7 Å². The molecule has 0 unspecified atom stereocenters. The lowest BCUT2D eigenvalue weighted by Crippen LogP contribution is -2.24. The summed E-state index contributed by atoms with van der Waals surface area (Å²) in [6.45, 7) is 2.30. The predicted molar refractivity (Wildman–Crippen MR) is 108 cm³/mol. The fraction of sp³-hybridized carbons (Fsp3) is 0.105. The van der Waals surface area contributed by atoms with Crippen LogP contribution in [-0.4, -0.2) is 14.3 Å². The summed E-state index contributed by atoms with van der Waals surface area (Å²) in [5.74, 6) is 0. The molecule has 134 valence electrons. The number of hydrogen-bond acceptors (Lipinski definition) is 4. The number of pyridine rings is 1. The molecule has 8 heteroatoms. The molecule has 6 nitrogen and oxygen atoms in total. The minimum absolute atomic E-state index is 0.123. The van der Waals surface area contributed by atoms with E-state index in [1.54, 1.807) is 15.9 Å². The van der Waals surface area contributed by atoms with Crippen molar-refractivity contribution in [2.24, 2.45) is 0 Å². The Hall–Kier alpha value is -2.97. The average Bonchev–Trinajstić information content (AvgIpc) is 3.37. The van der Waals surface area contributed by atoms with Crippen LogP contribution < -0.4 is 16.1 Å². The van der Waals surface area contributed by atoms with Crippen LogP contribution in [0.1, 0.15) is 10.6 Å². The van der Waals surface area contributed by atoms with Crippen molar-refractivity contribution in [2.45, 2.75) is 13.5 Å². The number of nitrogens with zero attached hydrogens (tertiary/aromatic N) is 2. The first-order valence-corrected chi connectivity index (χ1v) is 10.1. The molecule has 2 N–H and O–H groups in total. The highest BCUT2D eigenvalue weighted by molar-refractivity contribution is 7.20. The van der Waals surface area contributed by atoms with Gasteiger partial charge in [0.25, 0.3) is 5.56 Å². The van der Waals surface area contributed by atoms with Crippen molar-refractivity contribution in [1.29, 1.82) is 0 Å². The van der Waals surface area contributed by atoms with Crippen LogP contribution in [-0.2, 0) is 6.54 Å². The van der Waals surface area contributed by atoms with Gasteiger partial charge in [0, 0.05) is 16.6 Å². The first-order chi connectivity index (χ1) is 13.1. The smallest absolute Gasteiger partial charge is 0.307 e. The van der Waals surface area contributed by atoms with E-state index < -0.39 is 0 Å². The average molecular weight is 395 g/mol. The number of aryl methyl sites for hydroxylation is 1. The molecular weight excluding hydrogens is 380 g/mol. The van der Waals surface area contributed by atoms with Gasteiger partial charge in [0.05, 0.1) is 16.8 Å². The normalized spacial score (nSPS) is 11.6. The summed E-state index contributed by atoms with van der Waals surface area (Å²) in [7, 11) is 0. The molecule has 4 aromatic heterocycles. The minimum atomic E-state index is -0.162. The van der Waals surface area contributed by atoms with E-state index in [1.165, 1.54) is 22.1 Å². The molecule has 0 aliphatic rings. The third-order valence-corrected chi connectivity index (χ3v) is 6.57. The molecule has 5 rings (SSSR count). The summed E-state index contributed by atoms with van der Waals surface area (Å²) in [5.41, 5.74) is 1.91. The second-order valence-corrected chi connectivity index (χ2v) is 8.37. The maximum absolute atomic E-state index is 13.1. The van der Waals surface area contributed by atoms with Gasteiger partial charge >= 0.3 is 10.7 Å².